The predicted molar refractivity (Wildman–Crippen MR) is 135 cm³/mol. The molecule has 0 aliphatic carbocycles. The molecule has 2 N–H and O–H groups in total. The number of carbonyl (C=O) groups excluding carboxylic acids is 1. The lowest BCUT2D eigenvalue weighted by molar-refractivity contribution is 0.175. The van der Waals surface area contributed by atoms with Crippen LogP contribution in [0, 0.1) is 5.82 Å². The first kappa shape index (κ1) is 25.5. The third-order valence-electron chi connectivity index (χ3n) is 5.98. The molecule has 3 aromatic rings. The SMILES string of the molecule is COc1cc(-c2cc(F)cc(C(C)C)c2NC(=O)NS(=O)(=O)C2CN(Cc3cccnc3)C2)ccn1. The van der Waals surface area contributed by atoms with Crippen molar-refractivity contribution in [3.63, 3.8) is 0 Å². The van der Waals surface area contributed by atoms with Crippen LogP contribution in [0.3, 0.4) is 0 Å². The minimum absolute atomic E-state index is 0.150. The van der Waals surface area contributed by atoms with Crippen LogP contribution in [0.15, 0.2) is 55.0 Å². The Hall–Kier alpha value is -3.57. The summed E-state index contributed by atoms with van der Waals surface area (Å²) in [5.74, 6) is -0.310. The Morgan fingerprint density at radius 3 is 2.67 bits per heavy atom. The average molecular weight is 514 g/mol. The molecule has 0 spiro atoms. The molecule has 2 amide bonds. The van der Waals surface area contributed by atoms with E-state index in [1.165, 1.54) is 25.4 Å². The fourth-order valence-electron chi connectivity index (χ4n) is 4.09. The standard InChI is InChI=1S/C25H28FN5O4S/c1-16(2)21-10-19(26)11-22(18-6-8-28-23(9-18)35-3)24(21)29-25(32)30-36(33,34)20-14-31(15-20)13-17-5-4-7-27-12-17/h4-12,16,20H,13-15H2,1-3H3,(H2,29,30,32). The maximum atomic E-state index is 14.5. The van der Waals surface area contributed by atoms with Crippen LogP contribution in [-0.2, 0) is 16.6 Å². The van der Waals surface area contributed by atoms with E-state index < -0.39 is 27.1 Å². The lowest BCUT2D eigenvalue weighted by Crippen LogP contribution is -2.58. The van der Waals surface area contributed by atoms with Gasteiger partial charge in [-0.3, -0.25) is 9.88 Å². The second-order valence-electron chi connectivity index (χ2n) is 8.94. The number of likely N-dealkylation sites (tertiary alicyclic amines) is 1. The number of sulfonamides is 1. The van der Waals surface area contributed by atoms with E-state index in [1.807, 2.05) is 30.9 Å². The molecule has 1 saturated heterocycles. The van der Waals surface area contributed by atoms with Crippen LogP contribution in [0.4, 0.5) is 14.9 Å². The molecule has 4 rings (SSSR count). The topological polar surface area (TPSA) is 114 Å². The highest BCUT2D eigenvalue weighted by Gasteiger charge is 2.38. The number of urea groups is 1. The lowest BCUT2D eigenvalue weighted by Gasteiger charge is -2.38. The first-order valence-electron chi connectivity index (χ1n) is 11.4. The Balaban J connectivity index is 1.51. The van der Waals surface area contributed by atoms with Crippen LogP contribution in [0.1, 0.15) is 30.9 Å². The second-order valence-corrected chi connectivity index (χ2v) is 10.9. The number of rotatable bonds is 8. The van der Waals surface area contributed by atoms with Gasteiger partial charge in [-0.2, -0.15) is 0 Å². The van der Waals surface area contributed by atoms with Gasteiger partial charge in [-0.25, -0.2) is 27.3 Å². The first-order chi connectivity index (χ1) is 17.2. The van der Waals surface area contributed by atoms with Crippen molar-refractivity contribution in [3.8, 4) is 17.0 Å². The third-order valence-corrected chi connectivity index (χ3v) is 7.62. The van der Waals surface area contributed by atoms with Crippen molar-refractivity contribution >= 4 is 21.7 Å². The molecule has 36 heavy (non-hydrogen) atoms. The summed E-state index contributed by atoms with van der Waals surface area (Å²) in [5.41, 5.74) is 2.78. The quantitative estimate of drug-likeness (QED) is 0.472. The van der Waals surface area contributed by atoms with Crippen molar-refractivity contribution in [2.45, 2.75) is 31.6 Å². The Morgan fingerprint density at radius 2 is 2.00 bits per heavy atom. The minimum Gasteiger partial charge on any atom is -0.481 e. The van der Waals surface area contributed by atoms with Gasteiger partial charge in [-0.05, 0) is 46.9 Å². The molecule has 2 aromatic heterocycles. The van der Waals surface area contributed by atoms with Crippen LogP contribution in [0.2, 0.25) is 0 Å². The molecule has 1 fully saturated rings. The van der Waals surface area contributed by atoms with E-state index >= 15 is 0 Å². The molecule has 0 bridgehead atoms. The number of nitrogens with zero attached hydrogens (tertiary/aromatic N) is 3. The predicted octanol–water partition coefficient (Wildman–Crippen LogP) is 3.75. The average Bonchev–Trinajstić information content (AvgIpc) is 2.82. The summed E-state index contributed by atoms with van der Waals surface area (Å²) in [5, 5.41) is 1.93. The fourth-order valence-corrected chi connectivity index (χ4v) is 5.38. The number of hydrogen-bond donors (Lipinski definition) is 2. The normalized spacial score (nSPS) is 14.4. The number of benzene rings is 1. The van der Waals surface area contributed by atoms with E-state index in [0.717, 1.165) is 5.56 Å². The number of hydrogen-bond acceptors (Lipinski definition) is 7. The van der Waals surface area contributed by atoms with E-state index in [1.54, 1.807) is 24.5 Å². The van der Waals surface area contributed by atoms with Gasteiger partial charge in [0.15, 0.2) is 0 Å². The summed E-state index contributed by atoms with van der Waals surface area (Å²) < 4.78 is 47.5. The third kappa shape index (κ3) is 5.80. The number of halogens is 1. The zero-order valence-electron chi connectivity index (χ0n) is 20.2. The van der Waals surface area contributed by atoms with Crippen molar-refractivity contribution < 1.29 is 22.3 Å². The summed E-state index contributed by atoms with van der Waals surface area (Å²) in [6.45, 7) is 4.90. The number of pyridine rings is 2. The number of amides is 2. The van der Waals surface area contributed by atoms with Crippen LogP contribution in [0.5, 0.6) is 5.88 Å². The zero-order chi connectivity index (χ0) is 25.9. The molecule has 1 aliphatic heterocycles. The number of anilines is 1. The maximum Gasteiger partial charge on any atom is 0.332 e. The van der Waals surface area contributed by atoms with Crippen molar-refractivity contribution in [2.24, 2.45) is 0 Å². The van der Waals surface area contributed by atoms with Gasteiger partial charge in [0.25, 0.3) is 0 Å². The molecule has 0 unspecified atom stereocenters. The van der Waals surface area contributed by atoms with Crippen LogP contribution < -0.4 is 14.8 Å². The molecule has 11 heteroatoms. The molecule has 3 heterocycles. The Kier molecular flexibility index (Phi) is 7.51. The smallest absolute Gasteiger partial charge is 0.332 e. The number of ether oxygens (including phenoxy) is 1. The number of nitrogens with one attached hydrogen (secondary N) is 2. The Morgan fingerprint density at radius 1 is 1.22 bits per heavy atom. The summed E-state index contributed by atoms with van der Waals surface area (Å²) in [7, 11) is -2.46. The Bertz CT molecular complexity index is 1350. The van der Waals surface area contributed by atoms with Crippen molar-refractivity contribution in [2.75, 3.05) is 25.5 Å². The molecule has 0 saturated carbocycles. The van der Waals surface area contributed by atoms with Gasteiger partial charge in [-0.1, -0.05) is 19.9 Å². The molecule has 0 radical (unpaired) electrons. The number of carbonyl (C=O) groups is 1. The summed E-state index contributed by atoms with van der Waals surface area (Å²) in [6.07, 6.45) is 4.92. The summed E-state index contributed by atoms with van der Waals surface area (Å²) in [4.78, 5) is 23.0. The van der Waals surface area contributed by atoms with Crippen LogP contribution in [0.25, 0.3) is 11.1 Å². The van der Waals surface area contributed by atoms with E-state index in [-0.39, 0.29) is 5.92 Å². The van der Waals surface area contributed by atoms with Gasteiger partial charge in [-0.15, -0.1) is 0 Å². The molecular formula is C25H28FN5O4S. The molecular weight excluding hydrogens is 485 g/mol. The molecule has 0 atom stereocenters. The van der Waals surface area contributed by atoms with E-state index in [2.05, 4.69) is 20.0 Å². The van der Waals surface area contributed by atoms with Crippen LogP contribution >= 0.6 is 0 Å². The zero-order valence-corrected chi connectivity index (χ0v) is 21.0. The molecule has 9 nitrogen and oxygen atoms in total. The number of aromatic nitrogens is 2. The van der Waals surface area contributed by atoms with Gasteiger partial charge in [0.1, 0.15) is 11.1 Å². The van der Waals surface area contributed by atoms with Crippen molar-refractivity contribution in [1.82, 2.24) is 19.6 Å². The molecule has 1 aromatic carbocycles. The van der Waals surface area contributed by atoms with E-state index in [4.69, 9.17) is 4.74 Å². The highest BCUT2D eigenvalue weighted by Crippen LogP contribution is 2.36. The number of methoxy groups -OCH3 is 1. The van der Waals surface area contributed by atoms with Gasteiger partial charge in [0, 0.05) is 49.9 Å². The minimum atomic E-state index is -3.92. The van der Waals surface area contributed by atoms with Gasteiger partial charge < -0.3 is 10.1 Å². The summed E-state index contributed by atoms with van der Waals surface area (Å²) in [6, 6.07) is 8.73. The largest absolute Gasteiger partial charge is 0.481 e. The van der Waals surface area contributed by atoms with E-state index in [9.17, 15) is 17.6 Å². The first-order valence-corrected chi connectivity index (χ1v) is 13.0. The molecule has 190 valence electrons. The van der Waals surface area contributed by atoms with Crippen molar-refractivity contribution in [1.29, 1.82) is 0 Å². The lowest BCUT2D eigenvalue weighted by atomic mass is 9.94. The van der Waals surface area contributed by atoms with Gasteiger partial charge >= 0.3 is 6.03 Å². The maximum absolute atomic E-state index is 14.5. The fraction of sp³-hybridized carbons (Fsp3) is 0.320. The second kappa shape index (κ2) is 10.6. The summed E-state index contributed by atoms with van der Waals surface area (Å²) >= 11 is 0. The van der Waals surface area contributed by atoms with E-state index in [0.29, 0.717) is 47.9 Å². The highest BCUT2D eigenvalue weighted by molar-refractivity contribution is 7.90. The van der Waals surface area contributed by atoms with Crippen molar-refractivity contribution in [3.05, 3.63) is 71.9 Å². The van der Waals surface area contributed by atoms with Gasteiger partial charge in [0.05, 0.1) is 12.8 Å². The Labute approximate surface area is 209 Å². The molecule has 1 aliphatic rings. The van der Waals surface area contributed by atoms with Gasteiger partial charge in [0.2, 0.25) is 15.9 Å². The monoisotopic (exact) mass is 513 g/mol. The highest BCUT2D eigenvalue weighted by atomic mass is 32.2. The van der Waals surface area contributed by atoms with Crippen LogP contribution in [-0.4, -0.2) is 54.8 Å².